The molecule has 1 aliphatic rings. The van der Waals surface area contributed by atoms with Crippen molar-refractivity contribution in [1.29, 1.82) is 0 Å². The first-order valence-electron chi connectivity index (χ1n) is 5.76. The molecule has 94 valence electrons. The predicted octanol–water partition coefficient (Wildman–Crippen LogP) is 1.80. The van der Waals surface area contributed by atoms with Gasteiger partial charge in [0.2, 0.25) is 10.0 Å². The summed E-state index contributed by atoms with van der Waals surface area (Å²) in [4.78, 5) is 0. The quantitative estimate of drug-likeness (QED) is 0.824. The zero-order valence-electron chi connectivity index (χ0n) is 10.1. The Labute approximate surface area is 102 Å². The molecule has 0 atom stereocenters. The van der Waals surface area contributed by atoms with Gasteiger partial charge in [-0.15, -0.1) is 0 Å². The maximum Gasteiger partial charge on any atom is 0.235 e. The number of benzene rings is 1. The van der Waals surface area contributed by atoms with Gasteiger partial charge < -0.3 is 4.74 Å². The van der Waals surface area contributed by atoms with Crippen molar-refractivity contribution in [2.75, 3.05) is 23.7 Å². The van der Waals surface area contributed by atoms with E-state index in [-0.39, 0.29) is 5.75 Å². The van der Waals surface area contributed by atoms with Crippen molar-refractivity contribution in [2.24, 2.45) is 0 Å². The topological polar surface area (TPSA) is 46.6 Å². The normalized spacial score (nSPS) is 14.8. The van der Waals surface area contributed by atoms with E-state index in [1.54, 1.807) is 13.2 Å². The fraction of sp³-hybridized carbons (Fsp3) is 0.500. The van der Waals surface area contributed by atoms with E-state index < -0.39 is 10.0 Å². The van der Waals surface area contributed by atoms with Gasteiger partial charge in [0.05, 0.1) is 18.6 Å². The van der Waals surface area contributed by atoms with Crippen molar-refractivity contribution in [1.82, 2.24) is 0 Å². The SMILES string of the molecule is CCCS(=O)(=O)N1CCc2cc(OC)ccc21. The smallest absolute Gasteiger partial charge is 0.235 e. The maximum atomic E-state index is 12.0. The van der Waals surface area contributed by atoms with Gasteiger partial charge in [0.1, 0.15) is 5.75 Å². The third-order valence-corrected chi connectivity index (χ3v) is 4.91. The molecule has 0 amide bonds. The highest BCUT2D eigenvalue weighted by atomic mass is 32.2. The summed E-state index contributed by atoms with van der Waals surface area (Å²) >= 11 is 0. The van der Waals surface area contributed by atoms with Crippen molar-refractivity contribution in [3.8, 4) is 5.75 Å². The molecule has 2 rings (SSSR count). The molecule has 1 aliphatic heterocycles. The molecule has 0 N–H and O–H groups in total. The average Bonchev–Trinajstić information content (AvgIpc) is 2.72. The molecular weight excluding hydrogens is 238 g/mol. The lowest BCUT2D eigenvalue weighted by Crippen LogP contribution is -2.31. The summed E-state index contributed by atoms with van der Waals surface area (Å²) in [7, 11) is -1.54. The summed E-state index contributed by atoms with van der Waals surface area (Å²) in [5.41, 5.74) is 1.85. The lowest BCUT2D eigenvalue weighted by atomic mass is 10.1. The van der Waals surface area contributed by atoms with Crippen LogP contribution in [0.25, 0.3) is 0 Å². The van der Waals surface area contributed by atoms with Crippen LogP contribution in [0.4, 0.5) is 5.69 Å². The molecule has 0 aromatic heterocycles. The number of hydrogen-bond acceptors (Lipinski definition) is 3. The average molecular weight is 255 g/mol. The van der Waals surface area contributed by atoms with Gasteiger partial charge in [-0.3, -0.25) is 4.31 Å². The number of hydrogen-bond donors (Lipinski definition) is 0. The summed E-state index contributed by atoms with van der Waals surface area (Å²) in [6.07, 6.45) is 1.40. The number of ether oxygens (including phenoxy) is 1. The molecule has 0 radical (unpaired) electrons. The zero-order valence-corrected chi connectivity index (χ0v) is 11.0. The van der Waals surface area contributed by atoms with E-state index in [1.165, 1.54) is 4.31 Å². The first-order chi connectivity index (χ1) is 8.08. The van der Waals surface area contributed by atoms with Crippen LogP contribution < -0.4 is 9.04 Å². The van der Waals surface area contributed by atoms with Gasteiger partial charge in [0.25, 0.3) is 0 Å². The summed E-state index contributed by atoms with van der Waals surface area (Å²) in [5, 5.41) is 0. The highest BCUT2D eigenvalue weighted by Gasteiger charge is 2.28. The van der Waals surface area contributed by atoms with E-state index in [0.29, 0.717) is 13.0 Å². The summed E-state index contributed by atoms with van der Waals surface area (Å²) in [6.45, 7) is 2.42. The molecule has 0 aliphatic carbocycles. The Kier molecular flexibility index (Phi) is 3.28. The number of anilines is 1. The minimum absolute atomic E-state index is 0.207. The number of nitrogens with zero attached hydrogens (tertiary/aromatic N) is 1. The number of methoxy groups -OCH3 is 1. The third kappa shape index (κ3) is 2.24. The second kappa shape index (κ2) is 4.56. The lowest BCUT2D eigenvalue weighted by molar-refractivity contribution is 0.414. The molecular formula is C12H17NO3S. The molecule has 0 saturated carbocycles. The van der Waals surface area contributed by atoms with E-state index >= 15 is 0 Å². The van der Waals surface area contributed by atoms with Crippen LogP contribution in [0.2, 0.25) is 0 Å². The lowest BCUT2D eigenvalue weighted by Gasteiger charge is -2.19. The summed E-state index contributed by atoms with van der Waals surface area (Å²) in [6, 6.07) is 5.55. The molecule has 1 aromatic rings. The molecule has 0 fully saturated rings. The van der Waals surface area contributed by atoms with Crippen molar-refractivity contribution in [2.45, 2.75) is 19.8 Å². The van der Waals surface area contributed by atoms with Crippen LogP contribution in [-0.2, 0) is 16.4 Å². The number of rotatable bonds is 4. The standard InChI is InChI=1S/C12H17NO3S/c1-3-8-17(14,15)13-7-6-10-9-11(16-2)4-5-12(10)13/h4-5,9H,3,6-8H2,1-2H3. The predicted molar refractivity (Wildman–Crippen MR) is 68.1 cm³/mol. The molecule has 0 unspecified atom stereocenters. The molecule has 0 bridgehead atoms. The van der Waals surface area contributed by atoms with E-state index in [9.17, 15) is 8.42 Å². The Bertz CT molecular complexity index is 510. The molecule has 17 heavy (non-hydrogen) atoms. The fourth-order valence-corrected chi connectivity index (χ4v) is 3.72. The molecule has 4 nitrogen and oxygen atoms in total. The van der Waals surface area contributed by atoms with Crippen LogP contribution in [0.3, 0.4) is 0 Å². The monoisotopic (exact) mass is 255 g/mol. The van der Waals surface area contributed by atoms with E-state index in [0.717, 1.165) is 23.4 Å². The Morgan fingerprint density at radius 2 is 2.18 bits per heavy atom. The van der Waals surface area contributed by atoms with Crippen molar-refractivity contribution >= 4 is 15.7 Å². The third-order valence-electron chi connectivity index (χ3n) is 2.94. The van der Waals surface area contributed by atoms with Crippen LogP contribution >= 0.6 is 0 Å². The van der Waals surface area contributed by atoms with Gasteiger partial charge in [-0.25, -0.2) is 8.42 Å². The van der Waals surface area contributed by atoms with Gasteiger partial charge in [-0.05, 0) is 36.6 Å². The first kappa shape index (κ1) is 12.2. The zero-order chi connectivity index (χ0) is 12.5. The van der Waals surface area contributed by atoms with Crippen molar-refractivity contribution in [3.05, 3.63) is 23.8 Å². The van der Waals surface area contributed by atoms with Crippen molar-refractivity contribution < 1.29 is 13.2 Å². The Morgan fingerprint density at radius 1 is 1.41 bits per heavy atom. The molecule has 0 saturated heterocycles. The molecule has 5 heteroatoms. The van der Waals surface area contributed by atoms with Crippen LogP contribution in [0.15, 0.2) is 18.2 Å². The van der Waals surface area contributed by atoms with Gasteiger partial charge in [0, 0.05) is 6.54 Å². The highest BCUT2D eigenvalue weighted by molar-refractivity contribution is 7.92. The van der Waals surface area contributed by atoms with Gasteiger partial charge in [-0.2, -0.15) is 0 Å². The van der Waals surface area contributed by atoms with Gasteiger partial charge in [-0.1, -0.05) is 6.92 Å². The Hall–Kier alpha value is -1.23. The van der Waals surface area contributed by atoms with Crippen LogP contribution in [0.5, 0.6) is 5.75 Å². The second-order valence-electron chi connectivity index (χ2n) is 4.13. The second-order valence-corrected chi connectivity index (χ2v) is 6.15. The van der Waals surface area contributed by atoms with Gasteiger partial charge in [0.15, 0.2) is 0 Å². The molecule has 1 heterocycles. The molecule has 0 spiro atoms. The van der Waals surface area contributed by atoms with Crippen LogP contribution in [0.1, 0.15) is 18.9 Å². The summed E-state index contributed by atoms with van der Waals surface area (Å²) in [5.74, 6) is 0.983. The maximum absolute atomic E-state index is 12.0. The minimum Gasteiger partial charge on any atom is -0.497 e. The van der Waals surface area contributed by atoms with E-state index in [1.807, 2.05) is 19.1 Å². The summed E-state index contributed by atoms with van der Waals surface area (Å²) < 4.78 is 30.7. The fourth-order valence-electron chi connectivity index (χ4n) is 2.13. The van der Waals surface area contributed by atoms with Crippen molar-refractivity contribution in [3.63, 3.8) is 0 Å². The minimum atomic E-state index is -3.15. The highest BCUT2D eigenvalue weighted by Crippen LogP contribution is 2.33. The van der Waals surface area contributed by atoms with Crippen LogP contribution in [-0.4, -0.2) is 27.8 Å². The number of fused-ring (bicyclic) bond motifs is 1. The van der Waals surface area contributed by atoms with Crippen LogP contribution in [0, 0.1) is 0 Å². The van der Waals surface area contributed by atoms with Gasteiger partial charge >= 0.3 is 0 Å². The largest absolute Gasteiger partial charge is 0.497 e. The first-order valence-corrected chi connectivity index (χ1v) is 7.36. The van der Waals surface area contributed by atoms with E-state index in [4.69, 9.17) is 4.74 Å². The molecule has 1 aromatic carbocycles. The Morgan fingerprint density at radius 3 is 2.82 bits per heavy atom. The Balaban J connectivity index is 2.35. The van der Waals surface area contributed by atoms with E-state index in [2.05, 4.69) is 0 Å². The number of sulfonamides is 1.